The number of rotatable bonds is 7. The average molecular weight is 546 g/mol. The summed E-state index contributed by atoms with van der Waals surface area (Å²) in [5.41, 5.74) is 1.26. The summed E-state index contributed by atoms with van der Waals surface area (Å²) in [6, 6.07) is 18.1. The second kappa shape index (κ2) is 12.2. The van der Waals surface area contributed by atoms with Gasteiger partial charge in [0.05, 0.1) is 0 Å². The van der Waals surface area contributed by atoms with E-state index in [0.29, 0.717) is 28.4 Å². The highest BCUT2D eigenvalue weighted by Crippen LogP contribution is 2.35. The first-order valence-electron chi connectivity index (χ1n) is 13.5. The topological polar surface area (TPSA) is 97.0 Å². The van der Waals surface area contributed by atoms with Gasteiger partial charge in [-0.05, 0) is 60.9 Å². The van der Waals surface area contributed by atoms with Gasteiger partial charge in [0.25, 0.3) is 5.91 Å². The number of carbonyl (C=O) groups is 3. The van der Waals surface area contributed by atoms with Crippen LogP contribution in [0.5, 0.6) is 11.5 Å². The van der Waals surface area contributed by atoms with Crippen LogP contribution in [0.3, 0.4) is 0 Å². The van der Waals surface area contributed by atoms with Gasteiger partial charge in [0.15, 0.2) is 11.5 Å². The lowest BCUT2D eigenvalue weighted by Gasteiger charge is -2.36. The van der Waals surface area contributed by atoms with Crippen molar-refractivity contribution >= 4 is 29.1 Å². The van der Waals surface area contributed by atoms with Crippen molar-refractivity contribution in [2.45, 2.75) is 57.2 Å². The fraction of sp³-hybridized carbons (Fsp3) is 0.323. The van der Waals surface area contributed by atoms with E-state index in [1.807, 2.05) is 6.07 Å². The van der Waals surface area contributed by atoms with Crippen molar-refractivity contribution in [3.63, 3.8) is 0 Å². The van der Waals surface area contributed by atoms with Gasteiger partial charge in [-0.3, -0.25) is 19.3 Å². The number of anilines is 2. The van der Waals surface area contributed by atoms with Crippen LogP contribution in [0.1, 0.15) is 50.6 Å². The third kappa shape index (κ3) is 6.25. The Hall–Kier alpha value is -4.40. The second-order valence-electron chi connectivity index (χ2n) is 10.1. The van der Waals surface area contributed by atoms with Gasteiger partial charge >= 0.3 is 0 Å². The Morgan fingerprint density at radius 3 is 2.38 bits per heavy atom. The molecule has 8 nitrogen and oxygen atoms in total. The summed E-state index contributed by atoms with van der Waals surface area (Å²) < 4.78 is 25.8. The SMILES string of the molecule is CC(=O)Nc1cccc(N(C(=O)[C@@H]2COc3ccccc3O2)[C@H](C(=O)NC2CCCCC2)c2ccc(F)cc2)c1. The molecule has 0 spiro atoms. The number of fused-ring (bicyclic) bond motifs is 1. The molecule has 9 heteroatoms. The van der Waals surface area contributed by atoms with E-state index in [2.05, 4.69) is 10.6 Å². The van der Waals surface area contributed by atoms with Gasteiger partial charge in [-0.2, -0.15) is 0 Å². The molecule has 1 aliphatic heterocycles. The lowest BCUT2D eigenvalue weighted by atomic mass is 9.94. The molecule has 0 unspecified atom stereocenters. The molecule has 3 amide bonds. The maximum absolute atomic E-state index is 14.3. The molecule has 2 N–H and O–H groups in total. The van der Waals surface area contributed by atoms with Gasteiger partial charge in [0.1, 0.15) is 18.5 Å². The summed E-state index contributed by atoms with van der Waals surface area (Å²) in [4.78, 5) is 41.5. The van der Waals surface area contributed by atoms with Crippen LogP contribution in [0.2, 0.25) is 0 Å². The largest absolute Gasteiger partial charge is 0.485 e. The minimum absolute atomic E-state index is 0.0204. The first kappa shape index (κ1) is 27.2. The van der Waals surface area contributed by atoms with E-state index in [9.17, 15) is 18.8 Å². The van der Waals surface area contributed by atoms with Crippen molar-refractivity contribution in [2.75, 3.05) is 16.8 Å². The Balaban J connectivity index is 1.57. The lowest BCUT2D eigenvalue weighted by Crippen LogP contribution is -2.52. The second-order valence-corrected chi connectivity index (χ2v) is 10.1. The Labute approximate surface area is 232 Å². The quantitative estimate of drug-likeness (QED) is 0.428. The fourth-order valence-corrected chi connectivity index (χ4v) is 5.23. The van der Waals surface area contributed by atoms with Crippen molar-refractivity contribution in [1.29, 1.82) is 0 Å². The van der Waals surface area contributed by atoms with Crippen molar-refractivity contribution in [2.24, 2.45) is 0 Å². The average Bonchev–Trinajstić information content (AvgIpc) is 2.96. The lowest BCUT2D eigenvalue weighted by molar-refractivity contribution is -0.132. The number of hydrogen-bond acceptors (Lipinski definition) is 5. The molecule has 0 saturated heterocycles. The molecule has 1 aliphatic carbocycles. The number of benzene rings is 3. The smallest absolute Gasteiger partial charge is 0.272 e. The summed E-state index contributed by atoms with van der Waals surface area (Å²) in [6.45, 7) is 1.33. The van der Waals surface area contributed by atoms with E-state index in [0.717, 1.165) is 32.1 Å². The van der Waals surface area contributed by atoms with Crippen LogP contribution in [0.25, 0.3) is 0 Å². The normalized spacial score (nSPS) is 17.4. The molecule has 2 atom stereocenters. The highest BCUT2D eigenvalue weighted by molar-refractivity contribution is 6.04. The molecule has 5 rings (SSSR count). The fourth-order valence-electron chi connectivity index (χ4n) is 5.23. The van der Waals surface area contributed by atoms with Crippen LogP contribution in [-0.2, 0) is 14.4 Å². The minimum Gasteiger partial charge on any atom is -0.485 e. The molecular formula is C31H32FN3O5. The van der Waals surface area contributed by atoms with Crippen LogP contribution in [0.4, 0.5) is 15.8 Å². The summed E-state index contributed by atoms with van der Waals surface area (Å²) in [5, 5.41) is 5.86. The zero-order valence-corrected chi connectivity index (χ0v) is 22.3. The van der Waals surface area contributed by atoms with Crippen LogP contribution < -0.4 is 25.0 Å². The van der Waals surface area contributed by atoms with Crippen LogP contribution >= 0.6 is 0 Å². The maximum atomic E-state index is 14.3. The molecular weight excluding hydrogens is 513 g/mol. The van der Waals surface area contributed by atoms with Gasteiger partial charge in [0, 0.05) is 24.3 Å². The molecule has 2 aliphatic rings. The predicted octanol–water partition coefficient (Wildman–Crippen LogP) is 5.15. The Kier molecular flexibility index (Phi) is 8.28. The monoisotopic (exact) mass is 545 g/mol. The molecule has 1 heterocycles. The Bertz CT molecular complexity index is 1370. The number of halogens is 1. The maximum Gasteiger partial charge on any atom is 0.272 e. The molecule has 40 heavy (non-hydrogen) atoms. The zero-order chi connectivity index (χ0) is 28.1. The van der Waals surface area contributed by atoms with Gasteiger partial charge in [-0.25, -0.2) is 4.39 Å². The summed E-state index contributed by atoms with van der Waals surface area (Å²) in [7, 11) is 0. The predicted molar refractivity (Wildman–Crippen MR) is 149 cm³/mol. The van der Waals surface area contributed by atoms with Crippen molar-refractivity contribution < 1.29 is 28.2 Å². The minimum atomic E-state index is -1.14. The molecule has 208 valence electrons. The molecule has 1 fully saturated rings. The van der Waals surface area contributed by atoms with Crippen molar-refractivity contribution in [3.8, 4) is 11.5 Å². The van der Waals surface area contributed by atoms with Gasteiger partial charge in [0.2, 0.25) is 17.9 Å². The number of nitrogens with zero attached hydrogens (tertiary/aromatic N) is 1. The third-order valence-corrected chi connectivity index (χ3v) is 7.11. The van der Waals surface area contributed by atoms with Gasteiger partial charge < -0.3 is 20.1 Å². The van der Waals surface area contributed by atoms with E-state index < -0.39 is 23.9 Å². The molecule has 3 aromatic carbocycles. The standard InChI is InChI=1S/C31H32FN3O5/c1-20(36)33-24-10-7-11-25(18-24)35(31(38)28-19-39-26-12-5-6-13-27(26)40-28)29(21-14-16-22(32)17-15-21)30(37)34-23-8-3-2-4-9-23/h5-7,10-18,23,28-29H,2-4,8-9,19H2,1H3,(H,33,36)(H,34,37)/t28-,29-/m0/s1. The van der Waals surface area contributed by atoms with E-state index >= 15 is 0 Å². The van der Waals surface area contributed by atoms with E-state index in [1.165, 1.54) is 36.1 Å². The summed E-state index contributed by atoms with van der Waals surface area (Å²) in [5.74, 6) is -0.682. The third-order valence-electron chi connectivity index (χ3n) is 7.11. The number of carbonyl (C=O) groups excluding carboxylic acids is 3. The van der Waals surface area contributed by atoms with Crippen LogP contribution in [-0.4, -0.2) is 36.5 Å². The first-order chi connectivity index (χ1) is 19.4. The molecule has 1 saturated carbocycles. The Morgan fingerprint density at radius 2 is 1.65 bits per heavy atom. The van der Waals surface area contributed by atoms with Gasteiger partial charge in [-0.1, -0.05) is 49.6 Å². The summed E-state index contributed by atoms with van der Waals surface area (Å²) >= 11 is 0. The summed E-state index contributed by atoms with van der Waals surface area (Å²) in [6.07, 6.45) is 3.80. The van der Waals surface area contributed by atoms with Crippen molar-refractivity contribution in [1.82, 2.24) is 5.32 Å². The molecule has 3 aromatic rings. The number of hydrogen-bond donors (Lipinski definition) is 2. The van der Waals surface area contributed by atoms with E-state index in [4.69, 9.17) is 9.47 Å². The Morgan fingerprint density at radius 1 is 0.925 bits per heavy atom. The molecule has 0 radical (unpaired) electrons. The highest BCUT2D eigenvalue weighted by Gasteiger charge is 2.40. The molecule has 0 bridgehead atoms. The highest BCUT2D eigenvalue weighted by atomic mass is 19.1. The van der Waals surface area contributed by atoms with E-state index in [-0.39, 0.29) is 24.5 Å². The van der Waals surface area contributed by atoms with Crippen molar-refractivity contribution in [3.05, 3.63) is 84.2 Å². The van der Waals surface area contributed by atoms with Gasteiger partial charge in [-0.15, -0.1) is 0 Å². The number of ether oxygens (including phenoxy) is 2. The van der Waals surface area contributed by atoms with Crippen LogP contribution in [0, 0.1) is 5.82 Å². The number of amides is 3. The van der Waals surface area contributed by atoms with Crippen LogP contribution in [0.15, 0.2) is 72.8 Å². The number of para-hydroxylation sites is 2. The van der Waals surface area contributed by atoms with E-state index in [1.54, 1.807) is 42.5 Å². The zero-order valence-electron chi connectivity index (χ0n) is 22.3. The first-order valence-corrected chi connectivity index (χ1v) is 13.5. The number of nitrogens with one attached hydrogen (secondary N) is 2. The molecule has 0 aromatic heterocycles.